The molecule has 4 rings (SSSR count). The van der Waals surface area contributed by atoms with Crippen LogP contribution in [-0.2, 0) is 39.9 Å². The summed E-state index contributed by atoms with van der Waals surface area (Å²) in [5, 5.41) is 0. The van der Waals surface area contributed by atoms with Crippen molar-refractivity contribution in [3.05, 3.63) is 53.6 Å². The number of rotatable bonds is 18. The quantitative estimate of drug-likeness (QED) is 0.0865. The van der Waals surface area contributed by atoms with E-state index >= 15 is 0 Å². The zero-order valence-corrected chi connectivity index (χ0v) is 30.8. The fourth-order valence-electron chi connectivity index (χ4n) is 7.82. The highest BCUT2D eigenvalue weighted by molar-refractivity contribution is 5.86. The van der Waals surface area contributed by atoms with Crippen molar-refractivity contribution in [2.24, 2.45) is 23.2 Å². The van der Waals surface area contributed by atoms with E-state index in [0.717, 1.165) is 68.3 Å². The summed E-state index contributed by atoms with van der Waals surface area (Å²) in [5.41, 5.74) is 1.56. The van der Waals surface area contributed by atoms with Gasteiger partial charge in [-0.2, -0.15) is 0 Å². The van der Waals surface area contributed by atoms with Crippen LogP contribution in [0.15, 0.2) is 48.1 Å². The molecule has 1 heterocycles. The minimum Gasteiger partial charge on any atom is -0.497 e. The standard InChI is InChI=1S/C41H60O8/c1-7-9-11-12-13-15-16-31-24-34-39(46-26-30-18-20-32(45-6)21-19-30)38(36(44)22-23-41(34)27-47-40(4,5)48-28-41)33(31)25-37(49-29(3)42)35(43)17-14-10-8-2/h7,9,18-21,24,31,33,37-39H,8,10-17,22-23,25-28H2,1-6H3/b9-7+/t31-,33+,37-,38+,39?/m1/s1. The molecule has 2 bridgehead atoms. The van der Waals surface area contributed by atoms with Gasteiger partial charge in [0.2, 0.25) is 0 Å². The molecule has 2 aliphatic carbocycles. The molecule has 1 saturated carbocycles. The van der Waals surface area contributed by atoms with Crippen molar-refractivity contribution in [1.82, 2.24) is 0 Å². The molecule has 1 unspecified atom stereocenters. The Morgan fingerprint density at radius 1 is 1.04 bits per heavy atom. The second-order valence-corrected chi connectivity index (χ2v) is 14.7. The Kier molecular flexibility index (Phi) is 14.7. The largest absolute Gasteiger partial charge is 0.497 e. The first kappa shape index (κ1) is 39.0. The summed E-state index contributed by atoms with van der Waals surface area (Å²) >= 11 is 0. The molecule has 5 atom stereocenters. The topological polar surface area (TPSA) is 97.4 Å². The number of Topliss-reactive ketones (excluding diaryl/α,β-unsaturated/α-hetero) is 2. The molecule has 0 N–H and O–H groups in total. The minimum absolute atomic E-state index is 0.0120. The first-order valence-electron chi connectivity index (χ1n) is 18.6. The third kappa shape index (κ3) is 10.6. The Bertz CT molecular complexity index is 1280. The lowest BCUT2D eigenvalue weighted by atomic mass is 9.63. The van der Waals surface area contributed by atoms with Crippen LogP contribution in [0.5, 0.6) is 5.75 Å². The van der Waals surface area contributed by atoms with Gasteiger partial charge in [-0.3, -0.25) is 14.4 Å². The predicted molar refractivity (Wildman–Crippen MR) is 190 cm³/mol. The van der Waals surface area contributed by atoms with E-state index in [0.29, 0.717) is 45.5 Å². The smallest absolute Gasteiger partial charge is 0.303 e. The van der Waals surface area contributed by atoms with E-state index < -0.39 is 35.3 Å². The summed E-state index contributed by atoms with van der Waals surface area (Å²) in [6.07, 6.45) is 14.7. The van der Waals surface area contributed by atoms with E-state index in [2.05, 4.69) is 25.2 Å². The first-order valence-corrected chi connectivity index (χ1v) is 18.6. The molecule has 8 heteroatoms. The van der Waals surface area contributed by atoms with Gasteiger partial charge in [0, 0.05) is 25.2 Å². The zero-order chi connectivity index (χ0) is 35.4. The maximum Gasteiger partial charge on any atom is 0.303 e. The van der Waals surface area contributed by atoms with Crippen LogP contribution in [0.25, 0.3) is 0 Å². The molecule has 1 saturated heterocycles. The molecule has 272 valence electrons. The lowest BCUT2D eigenvalue weighted by molar-refractivity contribution is -0.281. The van der Waals surface area contributed by atoms with Crippen molar-refractivity contribution >= 4 is 17.5 Å². The summed E-state index contributed by atoms with van der Waals surface area (Å²) in [6, 6.07) is 7.78. The summed E-state index contributed by atoms with van der Waals surface area (Å²) < 4.78 is 30.6. The van der Waals surface area contributed by atoms with Crippen LogP contribution in [0.4, 0.5) is 0 Å². The Balaban J connectivity index is 1.74. The fourth-order valence-corrected chi connectivity index (χ4v) is 7.82. The number of benzene rings is 1. The molecule has 0 aromatic heterocycles. The van der Waals surface area contributed by atoms with Gasteiger partial charge in [0.05, 0.1) is 39.0 Å². The molecule has 0 radical (unpaired) electrons. The van der Waals surface area contributed by atoms with Crippen molar-refractivity contribution in [2.45, 2.75) is 136 Å². The molecule has 8 nitrogen and oxygen atoms in total. The number of hydrogen-bond acceptors (Lipinski definition) is 8. The van der Waals surface area contributed by atoms with Crippen LogP contribution in [0, 0.1) is 23.2 Å². The van der Waals surface area contributed by atoms with E-state index in [1.165, 1.54) is 6.92 Å². The second-order valence-electron chi connectivity index (χ2n) is 14.7. The average molecular weight is 681 g/mol. The van der Waals surface area contributed by atoms with Crippen LogP contribution in [0.2, 0.25) is 0 Å². The Labute approximate surface area is 294 Å². The van der Waals surface area contributed by atoms with Crippen molar-refractivity contribution in [1.29, 1.82) is 0 Å². The maximum atomic E-state index is 14.5. The minimum atomic E-state index is -0.888. The van der Waals surface area contributed by atoms with Gasteiger partial charge in [-0.05, 0) is 94.4 Å². The monoisotopic (exact) mass is 680 g/mol. The van der Waals surface area contributed by atoms with Crippen LogP contribution < -0.4 is 4.74 Å². The maximum absolute atomic E-state index is 14.5. The number of ether oxygens (including phenoxy) is 5. The highest BCUT2D eigenvalue weighted by Crippen LogP contribution is 2.53. The highest BCUT2D eigenvalue weighted by Gasteiger charge is 2.55. The van der Waals surface area contributed by atoms with Gasteiger partial charge in [-0.1, -0.05) is 63.0 Å². The van der Waals surface area contributed by atoms with Crippen molar-refractivity contribution < 1.29 is 38.1 Å². The summed E-state index contributed by atoms with van der Waals surface area (Å²) in [5.74, 6) is -1.04. The van der Waals surface area contributed by atoms with Crippen LogP contribution in [-0.4, -0.2) is 55.9 Å². The van der Waals surface area contributed by atoms with Gasteiger partial charge < -0.3 is 23.7 Å². The van der Waals surface area contributed by atoms with E-state index in [1.807, 2.05) is 45.0 Å². The van der Waals surface area contributed by atoms with E-state index in [-0.39, 0.29) is 23.4 Å². The molecule has 1 spiro atoms. The molecule has 1 aromatic carbocycles. The fraction of sp³-hybridized carbons (Fsp3) is 0.683. The summed E-state index contributed by atoms with van der Waals surface area (Å²) in [6.45, 7) is 10.6. The van der Waals surface area contributed by atoms with Gasteiger partial charge in [0.25, 0.3) is 0 Å². The molecule has 2 fully saturated rings. The van der Waals surface area contributed by atoms with E-state index in [4.69, 9.17) is 23.7 Å². The highest BCUT2D eigenvalue weighted by atomic mass is 16.7. The molecule has 0 amide bonds. The summed E-state index contributed by atoms with van der Waals surface area (Å²) in [4.78, 5) is 40.4. The third-order valence-corrected chi connectivity index (χ3v) is 10.7. The predicted octanol–water partition coefficient (Wildman–Crippen LogP) is 8.50. The number of allylic oxidation sites excluding steroid dienone is 3. The van der Waals surface area contributed by atoms with Gasteiger partial charge in [-0.15, -0.1) is 0 Å². The van der Waals surface area contributed by atoms with Gasteiger partial charge in [-0.25, -0.2) is 0 Å². The number of carbonyl (C=O) groups is 3. The van der Waals surface area contributed by atoms with Crippen LogP contribution in [0.3, 0.4) is 0 Å². The summed E-state index contributed by atoms with van der Waals surface area (Å²) in [7, 11) is 1.64. The number of ketones is 2. The average Bonchev–Trinajstić information content (AvgIpc) is 3.16. The Morgan fingerprint density at radius 2 is 1.78 bits per heavy atom. The SMILES string of the molecule is C/C=C/CCCCC[C@@H]1C=C2C(OCc3ccc(OC)cc3)[C@H](C(=O)CCC23COC(C)(C)OC3)[C@H]1C[C@@H](OC(C)=O)C(=O)CCCCC. The van der Waals surface area contributed by atoms with Crippen LogP contribution in [0.1, 0.15) is 117 Å². The number of esters is 1. The van der Waals surface area contributed by atoms with Crippen molar-refractivity contribution in [2.75, 3.05) is 20.3 Å². The Hall–Kier alpha value is -2.81. The molecule has 1 aromatic rings. The van der Waals surface area contributed by atoms with Crippen LogP contribution >= 0.6 is 0 Å². The lowest BCUT2D eigenvalue weighted by Crippen LogP contribution is -2.52. The molecular weight excluding hydrogens is 620 g/mol. The van der Waals surface area contributed by atoms with Crippen molar-refractivity contribution in [3.63, 3.8) is 0 Å². The number of hydrogen-bond donors (Lipinski definition) is 0. The molecule has 49 heavy (non-hydrogen) atoms. The van der Waals surface area contributed by atoms with Crippen molar-refractivity contribution in [3.8, 4) is 5.75 Å². The second kappa shape index (κ2) is 18.4. The molecular formula is C41H60O8. The number of carbonyl (C=O) groups excluding carboxylic acids is 3. The van der Waals surface area contributed by atoms with E-state index in [1.54, 1.807) is 7.11 Å². The number of fused-ring (bicyclic) bond motifs is 3. The van der Waals surface area contributed by atoms with Gasteiger partial charge in [0.1, 0.15) is 11.5 Å². The number of methoxy groups -OCH3 is 1. The van der Waals surface area contributed by atoms with Gasteiger partial charge >= 0.3 is 5.97 Å². The van der Waals surface area contributed by atoms with Gasteiger partial charge in [0.15, 0.2) is 17.7 Å². The normalized spacial score (nSPS) is 25.1. The Morgan fingerprint density at radius 3 is 2.43 bits per heavy atom. The first-order chi connectivity index (χ1) is 23.5. The molecule has 3 aliphatic rings. The number of unbranched alkanes of at least 4 members (excludes halogenated alkanes) is 5. The zero-order valence-electron chi connectivity index (χ0n) is 30.8. The lowest BCUT2D eigenvalue weighted by Gasteiger charge is -2.49. The van der Waals surface area contributed by atoms with E-state index in [9.17, 15) is 14.4 Å². The third-order valence-electron chi connectivity index (χ3n) is 10.7. The molecule has 1 aliphatic heterocycles.